The molecule has 0 N–H and O–H groups in total. The molecule has 0 unspecified atom stereocenters. The number of hydrogen-bond donors (Lipinski definition) is 0. The molecule has 0 radical (unpaired) electrons. The van der Waals surface area contributed by atoms with Crippen LogP contribution in [0.15, 0.2) is 58.4 Å². The van der Waals surface area contributed by atoms with Crippen LogP contribution in [0.3, 0.4) is 0 Å². The van der Waals surface area contributed by atoms with Crippen molar-refractivity contribution in [1.82, 2.24) is 4.90 Å². The van der Waals surface area contributed by atoms with Crippen LogP contribution in [0.5, 0.6) is 11.5 Å². The third-order valence-electron chi connectivity index (χ3n) is 4.75. The second kappa shape index (κ2) is 9.20. The summed E-state index contributed by atoms with van der Waals surface area (Å²) < 4.78 is 11.3. The van der Waals surface area contributed by atoms with Gasteiger partial charge in [0.2, 0.25) is 0 Å². The van der Waals surface area contributed by atoms with Crippen LogP contribution in [-0.2, 0) is 6.54 Å². The first-order valence-corrected chi connectivity index (χ1v) is 10.7. The predicted molar refractivity (Wildman–Crippen MR) is 117 cm³/mol. The Labute approximate surface area is 171 Å². The van der Waals surface area contributed by atoms with E-state index in [-0.39, 0.29) is 0 Å². The highest BCUT2D eigenvalue weighted by molar-refractivity contribution is 8.17. The molecule has 2 aliphatic heterocycles. The third-order valence-corrected chi connectivity index (χ3v) is 5.83. The second-order valence-corrected chi connectivity index (χ2v) is 8.07. The number of rotatable bonds is 6. The first-order valence-electron chi connectivity index (χ1n) is 9.93. The van der Waals surface area contributed by atoms with Gasteiger partial charge in [0.15, 0.2) is 16.7 Å². The number of hydrogen-bond acceptors (Lipinski definition) is 4. The van der Waals surface area contributed by atoms with Crippen molar-refractivity contribution in [2.75, 3.05) is 26.3 Å². The number of fused-ring (bicyclic) bond motifs is 1. The van der Waals surface area contributed by atoms with Crippen LogP contribution in [0, 0.1) is 0 Å². The fourth-order valence-electron chi connectivity index (χ4n) is 3.28. The maximum absolute atomic E-state index is 5.72. The van der Waals surface area contributed by atoms with E-state index in [4.69, 9.17) is 14.5 Å². The number of ether oxygens (including phenoxy) is 2. The quantitative estimate of drug-likeness (QED) is 0.674. The highest BCUT2D eigenvalue weighted by Crippen LogP contribution is 2.35. The van der Waals surface area contributed by atoms with Gasteiger partial charge in [0, 0.05) is 11.4 Å². The van der Waals surface area contributed by atoms with E-state index in [1.807, 2.05) is 12.1 Å². The topological polar surface area (TPSA) is 34.1 Å². The lowest BCUT2D eigenvalue weighted by molar-refractivity contribution is 0.171. The molecule has 1 saturated heterocycles. The Bertz CT molecular complexity index is 864. The Morgan fingerprint density at radius 1 is 1.07 bits per heavy atom. The molecule has 0 bridgehead atoms. The second-order valence-electron chi connectivity index (χ2n) is 6.98. The molecule has 2 aromatic rings. The van der Waals surface area contributed by atoms with Crippen molar-refractivity contribution in [2.24, 2.45) is 4.99 Å². The molecular formula is C23H26N2O2S. The van der Waals surface area contributed by atoms with Gasteiger partial charge in [0.1, 0.15) is 13.2 Å². The highest BCUT2D eigenvalue weighted by atomic mass is 32.2. The Kier molecular flexibility index (Phi) is 6.22. The highest BCUT2D eigenvalue weighted by Gasteiger charge is 2.23. The smallest absolute Gasteiger partial charge is 0.164 e. The summed E-state index contributed by atoms with van der Waals surface area (Å²) in [4.78, 5) is 8.63. The standard InChI is InChI=1S/C23H26N2O2S/c1-2-3-11-25-17-20(28-23(25)24-16-18-7-5-4-6-8-18)14-19-9-10-21-22(15-19)27-13-12-26-21/h4-10,14-15H,2-3,11-13,16-17H2,1H3/b20-14-,24-23?. The lowest BCUT2D eigenvalue weighted by Gasteiger charge is -2.18. The fraction of sp³-hybridized carbons (Fsp3) is 0.348. The summed E-state index contributed by atoms with van der Waals surface area (Å²) in [6.07, 6.45) is 4.61. The molecule has 0 atom stereocenters. The van der Waals surface area contributed by atoms with Gasteiger partial charge >= 0.3 is 0 Å². The largest absolute Gasteiger partial charge is 0.486 e. The van der Waals surface area contributed by atoms with Crippen molar-refractivity contribution < 1.29 is 9.47 Å². The fourth-order valence-corrected chi connectivity index (χ4v) is 4.34. The van der Waals surface area contributed by atoms with Crippen molar-refractivity contribution in [2.45, 2.75) is 26.3 Å². The molecule has 28 heavy (non-hydrogen) atoms. The van der Waals surface area contributed by atoms with Gasteiger partial charge in [-0.15, -0.1) is 0 Å². The molecule has 5 heteroatoms. The monoisotopic (exact) mass is 394 g/mol. The van der Waals surface area contributed by atoms with E-state index >= 15 is 0 Å². The molecule has 0 aliphatic carbocycles. The van der Waals surface area contributed by atoms with Gasteiger partial charge in [0.05, 0.1) is 13.1 Å². The summed E-state index contributed by atoms with van der Waals surface area (Å²) in [6.45, 7) is 6.17. The summed E-state index contributed by atoms with van der Waals surface area (Å²) >= 11 is 1.79. The van der Waals surface area contributed by atoms with E-state index in [0.717, 1.165) is 41.9 Å². The Hall–Kier alpha value is -2.40. The predicted octanol–water partition coefficient (Wildman–Crippen LogP) is 5.20. The number of nitrogens with zero attached hydrogens (tertiary/aromatic N) is 2. The molecule has 0 spiro atoms. The van der Waals surface area contributed by atoms with Crippen LogP contribution in [0.4, 0.5) is 0 Å². The van der Waals surface area contributed by atoms with Crippen LogP contribution in [0.1, 0.15) is 30.9 Å². The first kappa shape index (κ1) is 18.9. The maximum atomic E-state index is 5.72. The SMILES string of the molecule is CCCCN1C/C(=C/c2ccc3c(c2)OCCO3)SC1=NCc1ccccc1. The zero-order valence-electron chi connectivity index (χ0n) is 16.3. The average Bonchev–Trinajstić information content (AvgIpc) is 3.12. The molecule has 1 fully saturated rings. The number of aliphatic imine (C=N–C) groups is 1. The molecule has 0 saturated carbocycles. The normalized spacial score (nSPS) is 18.8. The van der Waals surface area contributed by atoms with Gasteiger partial charge in [-0.25, -0.2) is 0 Å². The summed E-state index contributed by atoms with van der Waals surface area (Å²) in [6, 6.07) is 16.6. The van der Waals surface area contributed by atoms with Crippen molar-refractivity contribution in [3.8, 4) is 11.5 Å². The van der Waals surface area contributed by atoms with E-state index < -0.39 is 0 Å². The van der Waals surface area contributed by atoms with E-state index in [1.54, 1.807) is 11.8 Å². The number of unbranched alkanes of at least 4 members (excludes halogenated alkanes) is 1. The number of benzene rings is 2. The van der Waals surface area contributed by atoms with Gasteiger partial charge in [-0.05, 0) is 35.8 Å². The minimum atomic E-state index is 0.614. The van der Waals surface area contributed by atoms with Crippen LogP contribution in [0.2, 0.25) is 0 Å². The lowest BCUT2D eigenvalue weighted by atomic mass is 10.1. The molecule has 4 nitrogen and oxygen atoms in total. The molecule has 2 heterocycles. The zero-order valence-corrected chi connectivity index (χ0v) is 17.1. The van der Waals surface area contributed by atoms with Crippen molar-refractivity contribution >= 4 is 23.0 Å². The van der Waals surface area contributed by atoms with Crippen molar-refractivity contribution in [3.05, 3.63) is 64.6 Å². The van der Waals surface area contributed by atoms with E-state index in [1.165, 1.54) is 23.3 Å². The number of thioether (sulfide) groups is 1. The summed E-state index contributed by atoms with van der Waals surface area (Å²) in [5.41, 5.74) is 2.39. The molecular weight excluding hydrogens is 368 g/mol. The van der Waals surface area contributed by atoms with Gasteiger partial charge in [-0.2, -0.15) is 0 Å². The minimum Gasteiger partial charge on any atom is -0.486 e. The molecule has 0 amide bonds. The van der Waals surface area contributed by atoms with Gasteiger partial charge in [-0.3, -0.25) is 4.99 Å². The average molecular weight is 395 g/mol. The summed E-state index contributed by atoms with van der Waals surface area (Å²) in [5.74, 6) is 1.67. The lowest BCUT2D eigenvalue weighted by Crippen LogP contribution is -2.25. The summed E-state index contributed by atoms with van der Waals surface area (Å²) in [5, 5.41) is 1.13. The van der Waals surface area contributed by atoms with Crippen LogP contribution < -0.4 is 9.47 Å². The minimum absolute atomic E-state index is 0.614. The zero-order chi connectivity index (χ0) is 19.2. The Morgan fingerprint density at radius 2 is 1.89 bits per heavy atom. The molecule has 4 rings (SSSR count). The molecule has 2 aliphatic rings. The number of amidine groups is 1. The molecule has 0 aromatic heterocycles. The Morgan fingerprint density at radius 3 is 2.71 bits per heavy atom. The van der Waals surface area contributed by atoms with Crippen molar-refractivity contribution in [1.29, 1.82) is 0 Å². The van der Waals surface area contributed by atoms with E-state index in [9.17, 15) is 0 Å². The maximum Gasteiger partial charge on any atom is 0.164 e. The van der Waals surface area contributed by atoms with Gasteiger partial charge in [-0.1, -0.05) is 61.5 Å². The Balaban J connectivity index is 1.51. The van der Waals surface area contributed by atoms with Gasteiger partial charge < -0.3 is 14.4 Å². The van der Waals surface area contributed by atoms with Crippen LogP contribution >= 0.6 is 11.8 Å². The third kappa shape index (κ3) is 4.71. The van der Waals surface area contributed by atoms with Gasteiger partial charge in [0.25, 0.3) is 0 Å². The van der Waals surface area contributed by atoms with E-state index in [0.29, 0.717) is 13.2 Å². The van der Waals surface area contributed by atoms with Crippen LogP contribution in [-0.4, -0.2) is 36.4 Å². The molecule has 146 valence electrons. The van der Waals surface area contributed by atoms with Crippen molar-refractivity contribution in [3.63, 3.8) is 0 Å². The van der Waals surface area contributed by atoms with Crippen LogP contribution in [0.25, 0.3) is 6.08 Å². The first-order chi connectivity index (χ1) is 13.8. The van der Waals surface area contributed by atoms with E-state index in [2.05, 4.69) is 54.3 Å². The molecule has 2 aromatic carbocycles. The summed E-state index contributed by atoms with van der Waals surface area (Å²) in [7, 11) is 0.